The minimum Gasteiger partial charge on any atom is -0.413 e. The van der Waals surface area contributed by atoms with Crippen molar-refractivity contribution >= 4 is 14.6 Å². The van der Waals surface area contributed by atoms with Crippen molar-refractivity contribution < 1.29 is 18.7 Å². The second-order valence-corrected chi connectivity index (χ2v) is 13.1. The van der Waals surface area contributed by atoms with Gasteiger partial charge >= 0.3 is 0 Å². The summed E-state index contributed by atoms with van der Waals surface area (Å²) < 4.78 is 18.2. The molecular formula is C16H28O4Si. The molecule has 1 aliphatic heterocycles. The van der Waals surface area contributed by atoms with Gasteiger partial charge in [0.15, 0.2) is 14.6 Å². The first kappa shape index (κ1) is 15.7. The van der Waals surface area contributed by atoms with E-state index in [4.69, 9.17) is 13.9 Å². The van der Waals surface area contributed by atoms with Crippen LogP contribution in [0.15, 0.2) is 0 Å². The molecule has 0 aromatic heterocycles. The lowest BCUT2D eigenvalue weighted by Crippen LogP contribution is -2.45. The fourth-order valence-electron chi connectivity index (χ4n) is 4.30. The summed E-state index contributed by atoms with van der Waals surface area (Å²) in [6, 6.07) is 0. The highest BCUT2D eigenvalue weighted by Gasteiger charge is 2.67. The second-order valence-electron chi connectivity index (χ2n) is 8.39. The maximum Gasteiger partial charge on any atom is 0.192 e. The van der Waals surface area contributed by atoms with E-state index in [1.54, 1.807) is 7.11 Å². The zero-order valence-electron chi connectivity index (χ0n) is 14.0. The molecule has 0 amide bonds. The predicted octanol–water partition coefficient (Wildman–Crippen LogP) is 2.83. The lowest BCUT2D eigenvalue weighted by Gasteiger charge is -2.39. The number of carbonyl (C=O) groups is 1. The summed E-state index contributed by atoms with van der Waals surface area (Å²) >= 11 is 0. The molecule has 3 rings (SSSR count). The third-order valence-electron chi connectivity index (χ3n) is 6.37. The Bertz CT molecular complexity index is 430. The molecule has 0 spiro atoms. The van der Waals surface area contributed by atoms with E-state index >= 15 is 0 Å². The fraction of sp³-hybridized carbons (Fsp3) is 0.938. The van der Waals surface area contributed by atoms with E-state index in [1.165, 1.54) is 0 Å². The van der Waals surface area contributed by atoms with Gasteiger partial charge in [-0.25, -0.2) is 0 Å². The van der Waals surface area contributed by atoms with Gasteiger partial charge in [0.1, 0.15) is 6.29 Å². The van der Waals surface area contributed by atoms with Crippen LogP contribution in [0.2, 0.25) is 18.1 Å². The normalized spacial score (nSPS) is 45.3. The van der Waals surface area contributed by atoms with Crippen molar-refractivity contribution in [2.24, 2.45) is 23.7 Å². The third-order valence-corrected chi connectivity index (χ3v) is 10.8. The van der Waals surface area contributed by atoms with E-state index in [9.17, 15) is 4.79 Å². The van der Waals surface area contributed by atoms with Crippen molar-refractivity contribution in [1.29, 1.82) is 0 Å². The van der Waals surface area contributed by atoms with Gasteiger partial charge in [-0.3, -0.25) is 0 Å². The molecule has 2 bridgehead atoms. The van der Waals surface area contributed by atoms with Crippen LogP contribution in [-0.4, -0.2) is 40.2 Å². The molecule has 0 aromatic carbocycles. The maximum atomic E-state index is 11.6. The number of carbonyl (C=O) groups excluding carboxylic acids is 1. The van der Waals surface area contributed by atoms with E-state index in [-0.39, 0.29) is 35.4 Å². The van der Waals surface area contributed by atoms with Crippen LogP contribution in [0.3, 0.4) is 0 Å². The Morgan fingerprint density at radius 3 is 2.43 bits per heavy atom. The van der Waals surface area contributed by atoms with Crippen LogP contribution in [0.1, 0.15) is 27.2 Å². The number of aldehydes is 1. The van der Waals surface area contributed by atoms with Gasteiger partial charge in [0.2, 0.25) is 0 Å². The lowest BCUT2D eigenvalue weighted by atomic mass is 9.80. The summed E-state index contributed by atoms with van der Waals surface area (Å²) in [7, 11) is -0.157. The Hall–Kier alpha value is -0.233. The molecule has 2 saturated carbocycles. The van der Waals surface area contributed by atoms with Crippen LogP contribution in [0, 0.1) is 23.7 Å². The number of hydrogen-bond donors (Lipinski definition) is 0. The average molecular weight is 312 g/mol. The molecule has 21 heavy (non-hydrogen) atoms. The van der Waals surface area contributed by atoms with Gasteiger partial charge in [-0.05, 0) is 30.5 Å². The number of fused-ring (bicyclic) bond motifs is 1. The Balaban J connectivity index is 1.85. The SMILES string of the molecule is CO[C@H]1OC2CC3[C@H](C=O)C1C2[C@H]3O[Si](C)(C)C(C)(C)C. The first-order valence-corrected chi connectivity index (χ1v) is 10.9. The zero-order chi connectivity index (χ0) is 15.6. The number of hydrogen-bond acceptors (Lipinski definition) is 4. The van der Waals surface area contributed by atoms with E-state index in [0.29, 0.717) is 11.8 Å². The zero-order valence-corrected chi connectivity index (χ0v) is 15.0. The molecule has 1 heterocycles. The molecule has 0 N–H and O–H groups in total. The summed E-state index contributed by atoms with van der Waals surface area (Å²) in [5, 5.41) is 0.187. The maximum absolute atomic E-state index is 11.6. The molecule has 3 fully saturated rings. The smallest absolute Gasteiger partial charge is 0.192 e. The quantitative estimate of drug-likeness (QED) is 0.591. The highest BCUT2D eigenvalue weighted by molar-refractivity contribution is 6.74. The fourth-order valence-corrected chi connectivity index (χ4v) is 5.67. The van der Waals surface area contributed by atoms with Crippen molar-refractivity contribution in [3.8, 4) is 0 Å². The van der Waals surface area contributed by atoms with Gasteiger partial charge in [-0.2, -0.15) is 0 Å². The highest BCUT2D eigenvalue weighted by atomic mass is 28.4. The molecule has 120 valence electrons. The Morgan fingerprint density at radius 1 is 1.24 bits per heavy atom. The van der Waals surface area contributed by atoms with Crippen molar-refractivity contribution in [1.82, 2.24) is 0 Å². The lowest BCUT2D eigenvalue weighted by molar-refractivity contribution is -0.134. The Labute approximate surface area is 128 Å². The molecule has 3 aliphatic rings. The summed E-state index contributed by atoms with van der Waals surface area (Å²) in [5.41, 5.74) is 0. The van der Waals surface area contributed by atoms with Crippen LogP contribution in [0.25, 0.3) is 0 Å². The van der Waals surface area contributed by atoms with Gasteiger partial charge in [0.25, 0.3) is 0 Å². The topological polar surface area (TPSA) is 44.8 Å². The molecule has 4 unspecified atom stereocenters. The standard InChI is InChI=1S/C16H28O4Si/c1-16(2,3)21(5,6)20-14-9-7-11-13(14)12(10(9)8-17)15(18-4)19-11/h8-15H,7H2,1-6H3/t9?,10-,11?,12?,13?,14-,15-/m0/s1. The number of ether oxygens (including phenoxy) is 2. The summed E-state index contributed by atoms with van der Waals surface area (Å²) in [6.07, 6.45) is 2.23. The molecule has 0 aromatic rings. The minimum atomic E-state index is -1.83. The van der Waals surface area contributed by atoms with Gasteiger partial charge in [0, 0.05) is 24.9 Å². The van der Waals surface area contributed by atoms with Gasteiger partial charge in [0.05, 0.1) is 12.2 Å². The van der Waals surface area contributed by atoms with Gasteiger partial charge in [-0.15, -0.1) is 0 Å². The van der Waals surface area contributed by atoms with E-state index in [2.05, 4.69) is 33.9 Å². The highest BCUT2D eigenvalue weighted by Crippen LogP contribution is 2.61. The number of methoxy groups -OCH3 is 1. The third kappa shape index (κ3) is 2.16. The van der Waals surface area contributed by atoms with E-state index in [0.717, 1.165) is 12.7 Å². The van der Waals surface area contributed by atoms with Crippen molar-refractivity contribution in [3.05, 3.63) is 0 Å². The second kappa shape index (κ2) is 4.88. The molecule has 4 nitrogen and oxygen atoms in total. The first-order chi connectivity index (χ1) is 9.71. The molecule has 5 heteroatoms. The van der Waals surface area contributed by atoms with E-state index in [1.807, 2.05) is 0 Å². The molecule has 7 atom stereocenters. The van der Waals surface area contributed by atoms with Crippen LogP contribution in [0.5, 0.6) is 0 Å². The predicted molar refractivity (Wildman–Crippen MR) is 82.4 cm³/mol. The van der Waals surface area contributed by atoms with Crippen molar-refractivity contribution in [2.45, 2.75) is 63.8 Å². The van der Waals surface area contributed by atoms with Crippen LogP contribution in [-0.2, 0) is 18.7 Å². The summed E-state index contributed by atoms with van der Waals surface area (Å²) in [5.74, 6) is 0.875. The van der Waals surface area contributed by atoms with Crippen LogP contribution >= 0.6 is 0 Å². The molecular weight excluding hydrogens is 284 g/mol. The monoisotopic (exact) mass is 312 g/mol. The molecule has 0 radical (unpaired) electrons. The van der Waals surface area contributed by atoms with E-state index < -0.39 is 8.32 Å². The number of rotatable bonds is 4. The largest absolute Gasteiger partial charge is 0.413 e. The Morgan fingerprint density at radius 2 is 1.90 bits per heavy atom. The minimum absolute atomic E-state index is 0.0356. The summed E-state index contributed by atoms with van der Waals surface area (Å²) in [4.78, 5) is 11.6. The van der Waals surface area contributed by atoms with Crippen LogP contribution in [0.4, 0.5) is 0 Å². The van der Waals surface area contributed by atoms with Gasteiger partial charge < -0.3 is 18.7 Å². The average Bonchev–Trinajstić information content (AvgIpc) is 2.93. The van der Waals surface area contributed by atoms with Gasteiger partial charge in [-0.1, -0.05) is 20.8 Å². The van der Waals surface area contributed by atoms with Crippen LogP contribution < -0.4 is 0 Å². The molecule has 1 saturated heterocycles. The van der Waals surface area contributed by atoms with Crippen molar-refractivity contribution in [2.75, 3.05) is 7.11 Å². The van der Waals surface area contributed by atoms with Crippen molar-refractivity contribution in [3.63, 3.8) is 0 Å². The first-order valence-electron chi connectivity index (χ1n) is 8.02. The summed E-state index contributed by atoms with van der Waals surface area (Å²) in [6.45, 7) is 11.4. The molecule has 2 aliphatic carbocycles. The Kier molecular flexibility index (Phi) is 3.64.